The van der Waals surface area contributed by atoms with Gasteiger partial charge in [-0.05, 0) is 57.0 Å². The second-order valence-electron chi connectivity index (χ2n) is 8.94. The van der Waals surface area contributed by atoms with Crippen molar-refractivity contribution < 1.29 is 34.4 Å². The van der Waals surface area contributed by atoms with E-state index >= 15 is 0 Å². The molecule has 3 amide bonds. The zero-order valence-electron chi connectivity index (χ0n) is 20.3. The first kappa shape index (κ1) is 27.6. The molecule has 0 aliphatic heterocycles. The molecule has 0 aliphatic carbocycles. The lowest BCUT2D eigenvalue weighted by atomic mass is 10.0. The Morgan fingerprint density at radius 2 is 1.74 bits per heavy atom. The first-order chi connectivity index (χ1) is 16.5. The van der Waals surface area contributed by atoms with Gasteiger partial charge in [-0.25, -0.2) is 4.79 Å². The van der Waals surface area contributed by atoms with Gasteiger partial charge in [0.25, 0.3) is 5.91 Å². The van der Waals surface area contributed by atoms with Gasteiger partial charge in [-0.15, -0.1) is 0 Å². The van der Waals surface area contributed by atoms with E-state index in [1.165, 1.54) is 18.2 Å². The van der Waals surface area contributed by atoms with Gasteiger partial charge in [0.05, 0.1) is 13.2 Å². The maximum atomic E-state index is 13.5. The van der Waals surface area contributed by atoms with Crippen molar-refractivity contribution in [1.82, 2.24) is 10.2 Å². The smallest absolute Gasteiger partial charge is 0.408 e. The van der Waals surface area contributed by atoms with E-state index in [1.54, 1.807) is 39.0 Å². The fraction of sp³-hybridized carbons (Fsp3) is 0.400. The number of carbonyl (C=O) groups excluding carboxylic acids is 3. The number of rotatable bonds is 9. The van der Waals surface area contributed by atoms with Crippen molar-refractivity contribution >= 4 is 23.6 Å². The molecule has 35 heavy (non-hydrogen) atoms. The summed E-state index contributed by atoms with van der Waals surface area (Å²) in [5, 5.41) is 34.6. The molecule has 2 aromatic carbocycles. The number of aliphatic hydroxyl groups excluding tert-OH is 2. The summed E-state index contributed by atoms with van der Waals surface area (Å²) in [7, 11) is 0. The van der Waals surface area contributed by atoms with Crippen molar-refractivity contribution in [2.45, 2.75) is 45.4 Å². The number of hydrogen-bond donors (Lipinski definition) is 5. The lowest BCUT2D eigenvalue weighted by Crippen LogP contribution is -2.54. The molecular weight excluding hydrogens is 454 g/mol. The van der Waals surface area contributed by atoms with Crippen LogP contribution < -0.4 is 10.6 Å². The summed E-state index contributed by atoms with van der Waals surface area (Å²) in [6.45, 7) is 5.20. The SMILES string of the molecule is Cc1ccccc1NC(=O)C(c1cccc(O)c1)N(CCO)C(=O)C(CO)NC(=O)OC(C)(C)C. The molecule has 5 N–H and O–H groups in total. The van der Waals surface area contributed by atoms with Crippen molar-refractivity contribution in [1.29, 1.82) is 0 Å². The fourth-order valence-corrected chi connectivity index (χ4v) is 3.39. The number of nitrogens with zero attached hydrogens (tertiary/aromatic N) is 1. The second-order valence-corrected chi connectivity index (χ2v) is 8.94. The maximum absolute atomic E-state index is 13.5. The number of nitrogens with one attached hydrogen (secondary N) is 2. The van der Waals surface area contributed by atoms with Crippen LogP contribution >= 0.6 is 0 Å². The van der Waals surface area contributed by atoms with E-state index in [9.17, 15) is 29.7 Å². The van der Waals surface area contributed by atoms with Crippen LogP contribution in [0.1, 0.15) is 37.9 Å². The zero-order valence-corrected chi connectivity index (χ0v) is 20.3. The van der Waals surface area contributed by atoms with E-state index in [1.807, 2.05) is 19.1 Å². The van der Waals surface area contributed by atoms with Crippen LogP contribution in [0.5, 0.6) is 5.75 Å². The van der Waals surface area contributed by atoms with Crippen molar-refractivity contribution in [2.75, 3.05) is 25.1 Å². The summed E-state index contributed by atoms with van der Waals surface area (Å²) in [5.74, 6) is -1.56. The highest BCUT2D eigenvalue weighted by Gasteiger charge is 2.36. The van der Waals surface area contributed by atoms with Gasteiger partial charge in [-0.3, -0.25) is 9.59 Å². The third-order valence-electron chi connectivity index (χ3n) is 4.94. The molecule has 0 aromatic heterocycles. The molecule has 0 bridgehead atoms. The molecule has 0 heterocycles. The number of anilines is 1. The van der Waals surface area contributed by atoms with Gasteiger partial charge in [-0.2, -0.15) is 0 Å². The van der Waals surface area contributed by atoms with Crippen molar-refractivity contribution in [3.8, 4) is 5.75 Å². The molecule has 10 heteroatoms. The summed E-state index contributed by atoms with van der Waals surface area (Å²) in [5.41, 5.74) is 0.738. The number of aliphatic hydroxyl groups is 2. The van der Waals surface area contributed by atoms with Gasteiger partial charge < -0.3 is 35.6 Å². The average molecular weight is 488 g/mol. The predicted octanol–water partition coefficient (Wildman–Crippen LogP) is 2.09. The molecule has 2 aromatic rings. The lowest BCUT2D eigenvalue weighted by molar-refractivity contribution is -0.142. The van der Waals surface area contributed by atoms with E-state index in [0.29, 0.717) is 5.69 Å². The number of amides is 3. The van der Waals surface area contributed by atoms with Gasteiger partial charge in [0.15, 0.2) is 0 Å². The summed E-state index contributed by atoms with van der Waals surface area (Å²) in [6, 6.07) is 10.1. The number of phenols is 1. The number of para-hydroxylation sites is 1. The molecule has 2 rings (SSSR count). The van der Waals surface area contributed by atoms with Gasteiger partial charge in [-0.1, -0.05) is 30.3 Å². The standard InChI is InChI=1S/C25H33N3O7/c1-16-8-5-6-11-19(16)26-22(32)21(17-9-7-10-18(31)14-17)28(12-13-29)23(33)20(15-30)27-24(34)35-25(2,3)4/h5-11,14,20-21,29-31H,12-13,15H2,1-4H3,(H,26,32)(H,27,34). The number of carbonyl (C=O) groups is 3. The van der Waals surface area contributed by atoms with Crippen LogP contribution in [-0.4, -0.2) is 69.5 Å². The Kier molecular flexibility index (Phi) is 9.61. The number of aromatic hydroxyl groups is 1. The van der Waals surface area contributed by atoms with Crippen LogP contribution in [0.15, 0.2) is 48.5 Å². The summed E-state index contributed by atoms with van der Waals surface area (Å²) in [6.07, 6.45) is -0.924. The summed E-state index contributed by atoms with van der Waals surface area (Å²) < 4.78 is 5.17. The number of phenolic OH excluding ortho intramolecular Hbond substituents is 1. The monoisotopic (exact) mass is 487 g/mol. The van der Waals surface area contributed by atoms with Crippen LogP contribution in [0.25, 0.3) is 0 Å². The van der Waals surface area contributed by atoms with Crippen LogP contribution in [0.3, 0.4) is 0 Å². The van der Waals surface area contributed by atoms with Gasteiger partial charge in [0.1, 0.15) is 23.4 Å². The van der Waals surface area contributed by atoms with E-state index < -0.39 is 48.8 Å². The number of hydrogen-bond acceptors (Lipinski definition) is 7. The largest absolute Gasteiger partial charge is 0.508 e. The Morgan fingerprint density at radius 1 is 1.06 bits per heavy atom. The first-order valence-electron chi connectivity index (χ1n) is 11.1. The van der Waals surface area contributed by atoms with E-state index in [-0.39, 0.29) is 17.9 Å². The molecule has 0 radical (unpaired) electrons. The molecule has 0 fully saturated rings. The Bertz CT molecular complexity index is 1040. The first-order valence-corrected chi connectivity index (χ1v) is 11.1. The molecular formula is C25H33N3O7. The Morgan fingerprint density at radius 3 is 2.31 bits per heavy atom. The molecule has 2 unspecified atom stereocenters. The van der Waals surface area contributed by atoms with E-state index in [4.69, 9.17) is 4.74 Å². The minimum atomic E-state index is -1.44. The highest BCUT2D eigenvalue weighted by atomic mass is 16.6. The molecule has 0 aliphatic rings. The number of benzene rings is 2. The van der Waals surface area contributed by atoms with Crippen LogP contribution in [0.4, 0.5) is 10.5 Å². The molecule has 0 saturated heterocycles. The molecule has 0 saturated carbocycles. The second kappa shape index (κ2) is 12.2. The zero-order chi connectivity index (χ0) is 26.2. The maximum Gasteiger partial charge on any atom is 0.408 e. The minimum absolute atomic E-state index is 0.127. The highest BCUT2D eigenvalue weighted by Crippen LogP contribution is 2.27. The van der Waals surface area contributed by atoms with E-state index in [0.717, 1.165) is 10.5 Å². The quantitative estimate of drug-likeness (QED) is 0.364. The molecule has 10 nitrogen and oxygen atoms in total. The van der Waals surface area contributed by atoms with Gasteiger partial charge in [0.2, 0.25) is 5.91 Å². The van der Waals surface area contributed by atoms with E-state index in [2.05, 4.69) is 10.6 Å². The Labute approximate surface area is 204 Å². The molecule has 190 valence electrons. The predicted molar refractivity (Wildman–Crippen MR) is 130 cm³/mol. The van der Waals surface area contributed by atoms with Crippen LogP contribution in [0, 0.1) is 6.92 Å². The van der Waals surface area contributed by atoms with Crippen LogP contribution in [0.2, 0.25) is 0 Å². The lowest BCUT2D eigenvalue weighted by Gasteiger charge is -2.33. The molecule has 0 spiro atoms. The highest BCUT2D eigenvalue weighted by molar-refractivity contribution is 5.99. The summed E-state index contributed by atoms with van der Waals surface area (Å²) in [4.78, 5) is 40.2. The topological polar surface area (TPSA) is 148 Å². The number of aryl methyl sites for hydroxylation is 1. The van der Waals surface area contributed by atoms with Gasteiger partial charge in [0, 0.05) is 12.2 Å². The number of alkyl carbamates (subject to hydrolysis) is 1. The van der Waals surface area contributed by atoms with Crippen LogP contribution in [-0.2, 0) is 14.3 Å². The Hall–Kier alpha value is -3.63. The number of ether oxygens (including phenoxy) is 1. The van der Waals surface area contributed by atoms with Crippen molar-refractivity contribution in [3.63, 3.8) is 0 Å². The third kappa shape index (κ3) is 7.97. The van der Waals surface area contributed by atoms with Crippen molar-refractivity contribution in [2.24, 2.45) is 0 Å². The Balaban J connectivity index is 2.44. The minimum Gasteiger partial charge on any atom is -0.508 e. The fourth-order valence-electron chi connectivity index (χ4n) is 3.39. The molecule has 2 atom stereocenters. The van der Waals surface area contributed by atoms with Gasteiger partial charge >= 0.3 is 6.09 Å². The normalized spacial score (nSPS) is 12.9. The average Bonchev–Trinajstić information content (AvgIpc) is 2.77. The summed E-state index contributed by atoms with van der Waals surface area (Å²) >= 11 is 0. The van der Waals surface area contributed by atoms with Crippen molar-refractivity contribution in [3.05, 3.63) is 59.7 Å². The third-order valence-corrected chi connectivity index (χ3v) is 4.94.